The van der Waals surface area contributed by atoms with Crippen LogP contribution in [0.3, 0.4) is 0 Å². The zero-order valence-electron chi connectivity index (χ0n) is 11.7. The van der Waals surface area contributed by atoms with Crippen LogP contribution < -0.4 is 4.90 Å². The molecule has 2 aromatic heterocycles. The van der Waals surface area contributed by atoms with Crippen molar-refractivity contribution in [3.63, 3.8) is 0 Å². The molecule has 5 nitrogen and oxygen atoms in total. The molecule has 2 aromatic rings. The molecule has 0 saturated carbocycles. The normalized spacial score (nSPS) is 16.4. The van der Waals surface area contributed by atoms with E-state index < -0.39 is 0 Å². The Bertz CT molecular complexity index is 549. The lowest BCUT2D eigenvalue weighted by Crippen LogP contribution is -2.35. The molecule has 1 aliphatic rings. The van der Waals surface area contributed by atoms with Crippen LogP contribution in [0.1, 0.15) is 24.2 Å². The van der Waals surface area contributed by atoms with Crippen molar-refractivity contribution in [2.24, 2.45) is 5.92 Å². The van der Waals surface area contributed by atoms with Gasteiger partial charge in [-0.1, -0.05) is 0 Å². The molecule has 0 amide bonds. The monoisotopic (exact) mass is 269 g/mol. The maximum absolute atomic E-state index is 4.36. The standard InChI is InChI=1S/C15H19N5/c1-12-9-15(17-11-16-12)20-7-4-13(5-8-20)10-14-3-2-6-18-19-14/h2-3,6,9,11,13H,4-5,7-8,10H2,1H3. The van der Waals surface area contributed by atoms with Crippen molar-refractivity contribution in [2.45, 2.75) is 26.2 Å². The van der Waals surface area contributed by atoms with Gasteiger partial charge in [0, 0.05) is 31.0 Å². The molecule has 0 radical (unpaired) electrons. The van der Waals surface area contributed by atoms with Crippen LogP contribution in [-0.4, -0.2) is 33.3 Å². The molecule has 0 N–H and O–H groups in total. The van der Waals surface area contributed by atoms with Crippen molar-refractivity contribution in [2.75, 3.05) is 18.0 Å². The average Bonchev–Trinajstić information content (AvgIpc) is 2.49. The number of rotatable bonds is 3. The van der Waals surface area contributed by atoms with E-state index in [0.29, 0.717) is 5.92 Å². The lowest BCUT2D eigenvalue weighted by molar-refractivity contribution is 0.398. The largest absolute Gasteiger partial charge is 0.356 e. The Balaban J connectivity index is 1.57. The average molecular weight is 269 g/mol. The van der Waals surface area contributed by atoms with E-state index in [4.69, 9.17) is 0 Å². The maximum Gasteiger partial charge on any atom is 0.132 e. The highest BCUT2D eigenvalue weighted by atomic mass is 15.2. The van der Waals surface area contributed by atoms with Crippen molar-refractivity contribution in [3.8, 4) is 0 Å². The molecule has 1 aliphatic heterocycles. The van der Waals surface area contributed by atoms with E-state index in [0.717, 1.165) is 36.7 Å². The van der Waals surface area contributed by atoms with Gasteiger partial charge in [0.15, 0.2) is 0 Å². The van der Waals surface area contributed by atoms with E-state index >= 15 is 0 Å². The highest BCUT2D eigenvalue weighted by Gasteiger charge is 2.20. The highest BCUT2D eigenvalue weighted by molar-refractivity contribution is 5.39. The van der Waals surface area contributed by atoms with Gasteiger partial charge in [0.25, 0.3) is 0 Å². The van der Waals surface area contributed by atoms with Gasteiger partial charge in [0.05, 0.1) is 5.69 Å². The summed E-state index contributed by atoms with van der Waals surface area (Å²) in [4.78, 5) is 10.9. The van der Waals surface area contributed by atoms with Gasteiger partial charge in [0.2, 0.25) is 0 Å². The Hall–Kier alpha value is -2.04. The number of aryl methyl sites for hydroxylation is 1. The van der Waals surface area contributed by atoms with E-state index in [1.54, 1.807) is 12.5 Å². The molecule has 20 heavy (non-hydrogen) atoms. The summed E-state index contributed by atoms with van der Waals surface area (Å²) in [7, 11) is 0. The molecule has 0 bridgehead atoms. The Labute approximate surface area is 119 Å². The Morgan fingerprint density at radius 1 is 1.25 bits per heavy atom. The number of hydrogen-bond acceptors (Lipinski definition) is 5. The summed E-state index contributed by atoms with van der Waals surface area (Å²) in [6, 6.07) is 6.08. The van der Waals surface area contributed by atoms with Gasteiger partial charge in [-0.15, -0.1) is 0 Å². The molecule has 5 heteroatoms. The summed E-state index contributed by atoms with van der Waals surface area (Å²) in [5.41, 5.74) is 2.13. The first kappa shape index (κ1) is 13.0. The quantitative estimate of drug-likeness (QED) is 0.853. The number of nitrogens with zero attached hydrogens (tertiary/aromatic N) is 5. The molecular weight excluding hydrogens is 250 g/mol. The predicted octanol–water partition coefficient (Wildman–Crippen LogP) is 2.03. The van der Waals surface area contributed by atoms with E-state index in [1.807, 2.05) is 13.0 Å². The molecular formula is C15H19N5. The van der Waals surface area contributed by atoms with E-state index in [2.05, 4.69) is 37.2 Å². The molecule has 1 saturated heterocycles. The molecule has 3 rings (SSSR count). The van der Waals surface area contributed by atoms with Gasteiger partial charge < -0.3 is 4.90 Å². The zero-order chi connectivity index (χ0) is 13.8. The Morgan fingerprint density at radius 2 is 2.10 bits per heavy atom. The van der Waals surface area contributed by atoms with Crippen molar-refractivity contribution < 1.29 is 0 Å². The van der Waals surface area contributed by atoms with Crippen molar-refractivity contribution in [3.05, 3.63) is 42.1 Å². The van der Waals surface area contributed by atoms with Gasteiger partial charge in [-0.3, -0.25) is 0 Å². The summed E-state index contributed by atoms with van der Waals surface area (Å²) >= 11 is 0. The second kappa shape index (κ2) is 5.94. The Kier molecular flexibility index (Phi) is 3.85. The number of hydrogen-bond donors (Lipinski definition) is 0. The maximum atomic E-state index is 4.36. The summed E-state index contributed by atoms with van der Waals surface area (Å²) in [5.74, 6) is 1.75. The van der Waals surface area contributed by atoms with Gasteiger partial charge in [0.1, 0.15) is 12.1 Å². The first-order chi connectivity index (χ1) is 9.81. The third-order valence-electron chi connectivity index (χ3n) is 3.85. The molecule has 0 atom stereocenters. The van der Waals surface area contributed by atoms with E-state index in [9.17, 15) is 0 Å². The predicted molar refractivity (Wildman–Crippen MR) is 77.4 cm³/mol. The van der Waals surface area contributed by atoms with Crippen LogP contribution in [0, 0.1) is 12.8 Å². The number of aromatic nitrogens is 4. The first-order valence-electron chi connectivity index (χ1n) is 7.11. The van der Waals surface area contributed by atoms with Gasteiger partial charge in [-0.25, -0.2) is 9.97 Å². The molecule has 104 valence electrons. The molecule has 0 unspecified atom stereocenters. The topological polar surface area (TPSA) is 54.8 Å². The molecule has 0 aromatic carbocycles. The van der Waals surface area contributed by atoms with Crippen LogP contribution in [0.4, 0.5) is 5.82 Å². The minimum Gasteiger partial charge on any atom is -0.356 e. The number of anilines is 1. The van der Waals surface area contributed by atoms with Gasteiger partial charge in [-0.05, 0) is 44.2 Å². The van der Waals surface area contributed by atoms with E-state index in [-0.39, 0.29) is 0 Å². The fourth-order valence-electron chi connectivity index (χ4n) is 2.72. The van der Waals surface area contributed by atoms with Gasteiger partial charge in [-0.2, -0.15) is 10.2 Å². The fourth-order valence-corrected chi connectivity index (χ4v) is 2.72. The Morgan fingerprint density at radius 3 is 2.80 bits per heavy atom. The van der Waals surface area contributed by atoms with Crippen molar-refractivity contribution >= 4 is 5.82 Å². The molecule has 0 aliphatic carbocycles. The van der Waals surface area contributed by atoms with Crippen LogP contribution in [-0.2, 0) is 6.42 Å². The lowest BCUT2D eigenvalue weighted by atomic mass is 9.92. The second-order valence-corrected chi connectivity index (χ2v) is 5.37. The molecule has 3 heterocycles. The second-order valence-electron chi connectivity index (χ2n) is 5.37. The van der Waals surface area contributed by atoms with Crippen LogP contribution in [0.15, 0.2) is 30.7 Å². The zero-order valence-corrected chi connectivity index (χ0v) is 11.7. The third-order valence-corrected chi connectivity index (χ3v) is 3.85. The van der Waals surface area contributed by atoms with Crippen LogP contribution in [0.5, 0.6) is 0 Å². The lowest BCUT2D eigenvalue weighted by Gasteiger charge is -2.32. The number of piperidine rings is 1. The van der Waals surface area contributed by atoms with E-state index in [1.165, 1.54) is 12.8 Å². The smallest absolute Gasteiger partial charge is 0.132 e. The van der Waals surface area contributed by atoms with Crippen LogP contribution >= 0.6 is 0 Å². The summed E-state index contributed by atoms with van der Waals surface area (Å²) < 4.78 is 0. The van der Waals surface area contributed by atoms with Crippen LogP contribution in [0.2, 0.25) is 0 Å². The summed E-state index contributed by atoms with van der Waals surface area (Å²) in [5, 5.41) is 8.12. The minimum atomic E-state index is 0.700. The fraction of sp³-hybridized carbons (Fsp3) is 0.467. The highest BCUT2D eigenvalue weighted by Crippen LogP contribution is 2.24. The van der Waals surface area contributed by atoms with Crippen molar-refractivity contribution in [1.82, 2.24) is 20.2 Å². The SMILES string of the molecule is Cc1cc(N2CCC(Cc3cccnn3)CC2)ncn1. The van der Waals surface area contributed by atoms with Crippen molar-refractivity contribution in [1.29, 1.82) is 0 Å². The summed E-state index contributed by atoms with van der Waals surface area (Å²) in [6.07, 6.45) is 6.77. The molecule has 0 spiro atoms. The molecule has 1 fully saturated rings. The third kappa shape index (κ3) is 3.10. The van der Waals surface area contributed by atoms with Crippen LogP contribution in [0.25, 0.3) is 0 Å². The summed E-state index contributed by atoms with van der Waals surface area (Å²) in [6.45, 7) is 4.12. The minimum absolute atomic E-state index is 0.700. The van der Waals surface area contributed by atoms with Gasteiger partial charge >= 0.3 is 0 Å². The first-order valence-corrected chi connectivity index (χ1v) is 7.11.